The Bertz CT molecular complexity index is 607. The summed E-state index contributed by atoms with van der Waals surface area (Å²) in [6.45, 7) is 2.99. The van der Waals surface area contributed by atoms with Crippen LogP contribution in [0.2, 0.25) is 0 Å². The van der Waals surface area contributed by atoms with Crippen LogP contribution in [-0.4, -0.2) is 48.4 Å². The number of carbonyl (C=O) groups excluding carboxylic acids is 1. The van der Waals surface area contributed by atoms with Crippen LogP contribution in [0.1, 0.15) is 56.9 Å². The summed E-state index contributed by atoms with van der Waals surface area (Å²) >= 11 is 0. The number of ether oxygens (including phenoxy) is 2. The average Bonchev–Trinajstić information content (AvgIpc) is 3.21. The Morgan fingerprint density at radius 1 is 1.15 bits per heavy atom. The third-order valence-corrected chi connectivity index (χ3v) is 6.42. The van der Waals surface area contributed by atoms with Gasteiger partial charge in [0.2, 0.25) is 0 Å². The molecular formula is C22H32N2O3. The second-order valence-corrected chi connectivity index (χ2v) is 8.36. The van der Waals surface area contributed by atoms with Gasteiger partial charge in [-0.15, -0.1) is 0 Å². The van der Waals surface area contributed by atoms with Crippen LogP contribution in [0.25, 0.3) is 0 Å². The number of nitrogens with zero attached hydrogens (tertiary/aromatic N) is 1. The first-order valence-corrected chi connectivity index (χ1v) is 10.6. The van der Waals surface area contributed by atoms with E-state index >= 15 is 0 Å². The number of benzene rings is 1. The molecule has 1 aromatic rings. The fraction of sp³-hybridized carbons (Fsp3) is 0.682. The highest BCUT2D eigenvalue weighted by atomic mass is 16.5. The predicted molar refractivity (Wildman–Crippen MR) is 105 cm³/mol. The maximum Gasteiger partial charge on any atom is 0.317 e. The highest BCUT2D eigenvalue weighted by Gasteiger charge is 2.41. The van der Waals surface area contributed by atoms with Gasteiger partial charge >= 0.3 is 6.03 Å². The van der Waals surface area contributed by atoms with Crippen molar-refractivity contribution in [3.63, 3.8) is 0 Å². The van der Waals surface area contributed by atoms with E-state index in [0.717, 1.165) is 58.2 Å². The minimum absolute atomic E-state index is 0.107. The minimum Gasteiger partial charge on any atom is -0.375 e. The molecule has 3 aliphatic rings. The van der Waals surface area contributed by atoms with E-state index in [9.17, 15) is 4.79 Å². The smallest absolute Gasteiger partial charge is 0.317 e. The standard InChI is InChI=1S/C22H32N2O3/c25-21(23-19-8-4-5-9-19)24-13-11-22(12-14-24)16-20(10-15-27-22)26-17-18-6-2-1-3-7-18/h1-3,6-7,19-20H,4-5,8-17H2,(H,23,25)/t20-/m0/s1. The molecule has 4 rings (SSSR count). The lowest BCUT2D eigenvalue weighted by Gasteiger charge is -2.46. The van der Waals surface area contributed by atoms with Gasteiger partial charge in [0.05, 0.1) is 18.3 Å². The molecule has 2 saturated heterocycles. The normalized spacial score (nSPS) is 25.6. The predicted octanol–water partition coefficient (Wildman–Crippen LogP) is 3.87. The Hall–Kier alpha value is -1.59. The molecular weight excluding hydrogens is 340 g/mol. The molecule has 27 heavy (non-hydrogen) atoms. The van der Waals surface area contributed by atoms with Crippen LogP contribution in [-0.2, 0) is 16.1 Å². The monoisotopic (exact) mass is 372 g/mol. The molecule has 1 saturated carbocycles. The Kier molecular flexibility index (Phi) is 5.98. The van der Waals surface area contributed by atoms with Crippen molar-refractivity contribution in [1.82, 2.24) is 10.2 Å². The zero-order chi connectivity index (χ0) is 18.5. The number of nitrogens with one attached hydrogen (secondary N) is 1. The molecule has 2 heterocycles. The fourth-order valence-corrected chi connectivity index (χ4v) is 4.72. The number of hydrogen-bond donors (Lipinski definition) is 1. The second kappa shape index (κ2) is 8.61. The van der Waals surface area contributed by atoms with Gasteiger partial charge in [-0.05, 0) is 37.7 Å². The first-order valence-electron chi connectivity index (χ1n) is 10.6. The number of amides is 2. The van der Waals surface area contributed by atoms with Crippen LogP contribution >= 0.6 is 0 Å². The molecule has 1 aromatic carbocycles. The van der Waals surface area contributed by atoms with Gasteiger partial charge < -0.3 is 19.7 Å². The Morgan fingerprint density at radius 3 is 2.63 bits per heavy atom. The van der Waals surface area contributed by atoms with Crippen molar-refractivity contribution in [1.29, 1.82) is 0 Å². The van der Waals surface area contributed by atoms with Gasteiger partial charge in [-0.1, -0.05) is 43.2 Å². The molecule has 3 fully saturated rings. The van der Waals surface area contributed by atoms with Crippen molar-refractivity contribution in [2.75, 3.05) is 19.7 Å². The first kappa shape index (κ1) is 18.8. The molecule has 1 spiro atoms. The van der Waals surface area contributed by atoms with E-state index in [1.807, 2.05) is 11.0 Å². The number of piperidine rings is 1. The Morgan fingerprint density at radius 2 is 1.89 bits per heavy atom. The van der Waals surface area contributed by atoms with Crippen molar-refractivity contribution in [3.05, 3.63) is 35.9 Å². The van der Waals surface area contributed by atoms with E-state index in [4.69, 9.17) is 9.47 Å². The van der Waals surface area contributed by atoms with E-state index in [1.54, 1.807) is 0 Å². The summed E-state index contributed by atoms with van der Waals surface area (Å²) in [6.07, 6.45) is 8.72. The molecule has 1 aliphatic carbocycles. The molecule has 0 aromatic heterocycles. The summed E-state index contributed by atoms with van der Waals surface area (Å²) in [7, 11) is 0. The van der Waals surface area contributed by atoms with Gasteiger partial charge in [-0.25, -0.2) is 4.79 Å². The lowest BCUT2D eigenvalue weighted by molar-refractivity contribution is -0.154. The maximum atomic E-state index is 12.5. The first-order chi connectivity index (χ1) is 13.2. The topological polar surface area (TPSA) is 50.8 Å². The van der Waals surface area contributed by atoms with Gasteiger partial charge in [0.1, 0.15) is 0 Å². The third kappa shape index (κ3) is 4.82. The lowest BCUT2D eigenvalue weighted by atomic mass is 9.83. The van der Waals surface area contributed by atoms with Crippen LogP contribution in [0.4, 0.5) is 4.79 Å². The van der Waals surface area contributed by atoms with Gasteiger partial charge in [0.15, 0.2) is 0 Å². The van der Waals surface area contributed by atoms with Crippen molar-refractivity contribution < 1.29 is 14.3 Å². The molecule has 2 amide bonds. The summed E-state index contributed by atoms with van der Waals surface area (Å²) in [4.78, 5) is 14.5. The molecule has 2 aliphatic heterocycles. The number of rotatable bonds is 4. The van der Waals surface area contributed by atoms with Crippen molar-refractivity contribution in [2.24, 2.45) is 0 Å². The highest BCUT2D eigenvalue weighted by molar-refractivity contribution is 5.74. The number of likely N-dealkylation sites (tertiary alicyclic amines) is 1. The third-order valence-electron chi connectivity index (χ3n) is 6.42. The lowest BCUT2D eigenvalue weighted by Crippen LogP contribution is -2.54. The molecule has 5 nitrogen and oxygen atoms in total. The summed E-state index contributed by atoms with van der Waals surface area (Å²) in [6, 6.07) is 10.9. The van der Waals surface area contributed by atoms with Gasteiger partial charge in [0, 0.05) is 32.2 Å². The van der Waals surface area contributed by atoms with Crippen LogP contribution in [0.3, 0.4) is 0 Å². The molecule has 5 heteroatoms. The van der Waals surface area contributed by atoms with Gasteiger partial charge in [0.25, 0.3) is 0 Å². The molecule has 1 N–H and O–H groups in total. The SMILES string of the molecule is O=C(NC1CCCC1)N1CCC2(CC1)C[C@@H](OCc1ccccc1)CCO2. The zero-order valence-electron chi connectivity index (χ0n) is 16.2. The van der Waals surface area contributed by atoms with E-state index in [0.29, 0.717) is 12.6 Å². The second-order valence-electron chi connectivity index (χ2n) is 8.36. The number of carbonyl (C=O) groups is 1. The summed E-state index contributed by atoms with van der Waals surface area (Å²) in [5.41, 5.74) is 1.11. The van der Waals surface area contributed by atoms with Crippen LogP contribution in [0, 0.1) is 0 Å². The van der Waals surface area contributed by atoms with Crippen LogP contribution in [0.15, 0.2) is 30.3 Å². The number of urea groups is 1. The average molecular weight is 373 g/mol. The zero-order valence-corrected chi connectivity index (χ0v) is 16.2. The van der Waals surface area contributed by atoms with Crippen molar-refractivity contribution >= 4 is 6.03 Å². The maximum absolute atomic E-state index is 12.5. The van der Waals surface area contributed by atoms with E-state index < -0.39 is 0 Å². The molecule has 0 radical (unpaired) electrons. The van der Waals surface area contributed by atoms with E-state index in [2.05, 4.69) is 29.6 Å². The Balaban J connectivity index is 1.25. The molecule has 0 bridgehead atoms. The highest BCUT2D eigenvalue weighted by Crippen LogP contribution is 2.36. The molecule has 148 valence electrons. The molecule has 1 atom stereocenters. The van der Waals surface area contributed by atoms with Crippen molar-refractivity contribution in [3.8, 4) is 0 Å². The summed E-state index contributed by atoms with van der Waals surface area (Å²) < 4.78 is 12.4. The van der Waals surface area contributed by atoms with Crippen molar-refractivity contribution in [2.45, 2.75) is 75.7 Å². The van der Waals surface area contributed by atoms with Crippen LogP contribution in [0.5, 0.6) is 0 Å². The van der Waals surface area contributed by atoms with Gasteiger partial charge in [-0.3, -0.25) is 0 Å². The van der Waals surface area contributed by atoms with E-state index in [-0.39, 0.29) is 17.7 Å². The quantitative estimate of drug-likeness (QED) is 0.873. The minimum atomic E-state index is -0.107. The van der Waals surface area contributed by atoms with Crippen LogP contribution < -0.4 is 5.32 Å². The fourth-order valence-electron chi connectivity index (χ4n) is 4.72. The summed E-state index contributed by atoms with van der Waals surface area (Å²) in [5, 5.41) is 3.21. The Labute approximate surface area is 162 Å². The molecule has 0 unspecified atom stereocenters. The van der Waals surface area contributed by atoms with Gasteiger partial charge in [-0.2, -0.15) is 0 Å². The van der Waals surface area contributed by atoms with E-state index in [1.165, 1.54) is 18.4 Å². The summed E-state index contributed by atoms with van der Waals surface area (Å²) in [5.74, 6) is 0. The number of hydrogen-bond acceptors (Lipinski definition) is 3. The largest absolute Gasteiger partial charge is 0.375 e.